The molecule has 16 heavy (non-hydrogen) atoms. The SMILES string of the molecule is CC1CC2CCN(C(=O)OC(C)(C)C)C1C2. The number of rotatable bonds is 0. The summed E-state index contributed by atoms with van der Waals surface area (Å²) in [6.07, 6.45) is 3.49. The number of carbonyl (C=O) groups is 1. The van der Waals surface area contributed by atoms with Crippen molar-refractivity contribution in [3.63, 3.8) is 0 Å². The van der Waals surface area contributed by atoms with Gasteiger partial charge < -0.3 is 9.64 Å². The molecule has 3 unspecified atom stereocenters. The van der Waals surface area contributed by atoms with Crippen molar-refractivity contribution in [1.29, 1.82) is 0 Å². The molecule has 0 N–H and O–H groups in total. The lowest BCUT2D eigenvalue weighted by Crippen LogP contribution is -2.46. The molecule has 2 aliphatic rings. The van der Waals surface area contributed by atoms with Crippen LogP contribution < -0.4 is 0 Å². The molecule has 0 radical (unpaired) electrons. The van der Waals surface area contributed by atoms with Crippen LogP contribution in [0.25, 0.3) is 0 Å². The molecule has 1 aliphatic carbocycles. The van der Waals surface area contributed by atoms with Crippen molar-refractivity contribution < 1.29 is 9.53 Å². The molecule has 1 heterocycles. The summed E-state index contributed by atoms with van der Waals surface area (Å²) in [7, 11) is 0. The average molecular weight is 225 g/mol. The van der Waals surface area contributed by atoms with E-state index in [9.17, 15) is 4.79 Å². The van der Waals surface area contributed by atoms with E-state index < -0.39 is 0 Å². The van der Waals surface area contributed by atoms with Crippen molar-refractivity contribution in [2.24, 2.45) is 11.8 Å². The van der Waals surface area contributed by atoms with Crippen LogP contribution in [0, 0.1) is 11.8 Å². The van der Waals surface area contributed by atoms with E-state index >= 15 is 0 Å². The highest BCUT2D eigenvalue weighted by Gasteiger charge is 2.42. The van der Waals surface area contributed by atoms with Crippen LogP contribution >= 0.6 is 0 Å². The standard InChI is InChI=1S/C13H23NO2/c1-9-7-10-5-6-14(11(9)8-10)12(15)16-13(2,3)4/h9-11H,5-8H2,1-4H3. The molecular formula is C13H23NO2. The minimum atomic E-state index is -0.379. The third-order valence-electron chi connectivity index (χ3n) is 3.74. The summed E-state index contributed by atoms with van der Waals surface area (Å²) in [5.41, 5.74) is -0.379. The zero-order valence-corrected chi connectivity index (χ0v) is 10.8. The number of amides is 1. The number of carbonyl (C=O) groups excluding carboxylic acids is 1. The third kappa shape index (κ3) is 2.33. The summed E-state index contributed by atoms with van der Waals surface area (Å²) >= 11 is 0. The molecule has 1 aliphatic heterocycles. The average Bonchev–Trinajstić information content (AvgIpc) is 2.40. The summed E-state index contributed by atoms with van der Waals surface area (Å²) in [5, 5.41) is 0. The van der Waals surface area contributed by atoms with Gasteiger partial charge in [-0.3, -0.25) is 0 Å². The lowest BCUT2D eigenvalue weighted by molar-refractivity contribution is 0.00827. The first-order valence-corrected chi connectivity index (χ1v) is 6.36. The number of piperidine rings is 1. The third-order valence-corrected chi connectivity index (χ3v) is 3.74. The lowest BCUT2D eigenvalue weighted by atomic mass is 9.99. The Morgan fingerprint density at radius 2 is 2.00 bits per heavy atom. The zero-order valence-electron chi connectivity index (χ0n) is 10.8. The molecule has 3 nitrogen and oxygen atoms in total. The Morgan fingerprint density at radius 3 is 2.62 bits per heavy atom. The highest BCUT2D eigenvalue weighted by molar-refractivity contribution is 5.68. The number of hydrogen-bond donors (Lipinski definition) is 0. The molecule has 1 saturated carbocycles. The van der Waals surface area contributed by atoms with Gasteiger partial charge in [-0.2, -0.15) is 0 Å². The van der Waals surface area contributed by atoms with Gasteiger partial charge in [-0.1, -0.05) is 6.92 Å². The lowest BCUT2D eigenvalue weighted by Gasteiger charge is -2.36. The number of ether oxygens (including phenoxy) is 1. The molecule has 0 aromatic rings. The smallest absolute Gasteiger partial charge is 0.410 e. The number of hydrogen-bond acceptors (Lipinski definition) is 2. The molecule has 2 fully saturated rings. The van der Waals surface area contributed by atoms with Crippen LogP contribution in [0.4, 0.5) is 4.79 Å². The van der Waals surface area contributed by atoms with Crippen LogP contribution in [0.5, 0.6) is 0 Å². The van der Waals surface area contributed by atoms with Crippen molar-refractivity contribution >= 4 is 6.09 Å². The minimum Gasteiger partial charge on any atom is -0.444 e. The highest BCUT2D eigenvalue weighted by Crippen LogP contribution is 2.40. The Kier molecular flexibility index (Phi) is 2.89. The van der Waals surface area contributed by atoms with E-state index in [-0.39, 0.29) is 11.7 Å². The monoisotopic (exact) mass is 225 g/mol. The van der Waals surface area contributed by atoms with Crippen molar-refractivity contribution in [2.75, 3.05) is 6.54 Å². The zero-order chi connectivity index (χ0) is 11.9. The van der Waals surface area contributed by atoms with Gasteiger partial charge in [-0.05, 0) is 51.9 Å². The Morgan fingerprint density at radius 1 is 1.31 bits per heavy atom. The van der Waals surface area contributed by atoms with Crippen molar-refractivity contribution in [1.82, 2.24) is 4.90 Å². The number of nitrogens with zero attached hydrogens (tertiary/aromatic N) is 1. The normalized spacial score (nSPS) is 34.0. The van der Waals surface area contributed by atoms with E-state index in [4.69, 9.17) is 4.74 Å². The Hall–Kier alpha value is -0.730. The summed E-state index contributed by atoms with van der Waals surface area (Å²) in [6.45, 7) is 8.92. The predicted octanol–water partition coefficient (Wildman–Crippen LogP) is 3.04. The van der Waals surface area contributed by atoms with Gasteiger partial charge in [-0.25, -0.2) is 4.79 Å². The molecule has 1 amide bonds. The summed E-state index contributed by atoms with van der Waals surface area (Å²) in [6, 6.07) is 0.425. The first kappa shape index (κ1) is 11.7. The van der Waals surface area contributed by atoms with Crippen molar-refractivity contribution in [3.8, 4) is 0 Å². The second-order valence-corrected chi connectivity index (χ2v) is 6.34. The van der Waals surface area contributed by atoms with Gasteiger partial charge in [0, 0.05) is 12.6 Å². The molecule has 92 valence electrons. The molecule has 0 aromatic carbocycles. The topological polar surface area (TPSA) is 29.5 Å². The van der Waals surface area contributed by atoms with E-state index in [1.165, 1.54) is 12.8 Å². The van der Waals surface area contributed by atoms with Crippen LogP contribution in [0.2, 0.25) is 0 Å². The van der Waals surface area contributed by atoms with E-state index in [2.05, 4.69) is 6.92 Å². The first-order valence-electron chi connectivity index (χ1n) is 6.36. The second kappa shape index (κ2) is 3.94. The fourth-order valence-electron chi connectivity index (χ4n) is 3.06. The highest BCUT2D eigenvalue weighted by atomic mass is 16.6. The maximum atomic E-state index is 12.1. The van der Waals surface area contributed by atoms with Crippen LogP contribution in [-0.2, 0) is 4.74 Å². The predicted molar refractivity (Wildman–Crippen MR) is 63.2 cm³/mol. The maximum Gasteiger partial charge on any atom is 0.410 e. The minimum absolute atomic E-state index is 0.121. The van der Waals surface area contributed by atoms with Gasteiger partial charge in [0.25, 0.3) is 0 Å². The molecular weight excluding hydrogens is 202 g/mol. The molecule has 0 spiro atoms. The van der Waals surface area contributed by atoms with Gasteiger partial charge in [0.1, 0.15) is 5.60 Å². The largest absolute Gasteiger partial charge is 0.444 e. The fraction of sp³-hybridized carbons (Fsp3) is 0.923. The van der Waals surface area contributed by atoms with Crippen LogP contribution in [0.3, 0.4) is 0 Å². The van der Waals surface area contributed by atoms with Crippen LogP contribution in [0.15, 0.2) is 0 Å². The first-order chi connectivity index (χ1) is 7.37. The van der Waals surface area contributed by atoms with E-state index in [1.807, 2.05) is 25.7 Å². The van der Waals surface area contributed by atoms with Crippen molar-refractivity contribution in [3.05, 3.63) is 0 Å². The summed E-state index contributed by atoms with van der Waals surface area (Å²) in [4.78, 5) is 14.0. The molecule has 0 aromatic heterocycles. The van der Waals surface area contributed by atoms with Gasteiger partial charge >= 0.3 is 6.09 Å². The quantitative estimate of drug-likeness (QED) is 0.634. The second-order valence-electron chi connectivity index (χ2n) is 6.34. The Bertz CT molecular complexity index is 282. The van der Waals surface area contributed by atoms with Crippen LogP contribution in [0.1, 0.15) is 47.0 Å². The Balaban J connectivity index is 2.01. The molecule has 3 atom stereocenters. The molecule has 3 heteroatoms. The van der Waals surface area contributed by atoms with E-state index in [1.54, 1.807) is 0 Å². The van der Waals surface area contributed by atoms with Gasteiger partial charge in [0.05, 0.1) is 0 Å². The van der Waals surface area contributed by atoms with Gasteiger partial charge in [-0.15, -0.1) is 0 Å². The van der Waals surface area contributed by atoms with Crippen LogP contribution in [-0.4, -0.2) is 29.2 Å². The molecule has 2 bridgehead atoms. The Labute approximate surface area is 98.1 Å². The summed E-state index contributed by atoms with van der Waals surface area (Å²) in [5.74, 6) is 1.48. The molecule has 2 rings (SSSR count). The summed E-state index contributed by atoms with van der Waals surface area (Å²) < 4.78 is 5.46. The van der Waals surface area contributed by atoms with Crippen molar-refractivity contribution in [2.45, 2.75) is 58.6 Å². The fourth-order valence-corrected chi connectivity index (χ4v) is 3.06. The number of fused-ring (bicyclic) bond motifs is 2. The maximum absolute atomic E-state index is 12.1. The van der Waals surface area contributed by atoms with E-state index in [0.717, 1.165) is 18.9 Å². The van der Waals surface area contributed by atoms with E-state index in [0.29, 0.717) is 12.0 Å². The van der Waals surface area contributed by atoms with Gasteiger partial charge in [0.2, 0.25) is 0 Å². The molecule has 1 saturated heterocycles. The number of likely N-dealkylation sites (tertiary alicyclic amines) is 1. The van der Waals surface area contributed by atoms with Gasteiger partial charge in [0.15, 0.2) is 0 Å².